The lowest BCUT2D eigenvalue weighted by molar-refractivity contribution is 0.141. The van der Waals surface area contributed by atoms with E-state index in [1.54, 1.807) is 0 Å². The van der Waals surface area contributed by atoms with E-state index >= 15 is 0 Å². The zero-order valence-electron chi connectivity index (χ0n) is 15.6. The van der Waals surface area contributed by atoms with E-state index in [0.29, 0.717) is 0 Å². The van der Waals surface area contributed by atoms with Crippen LogP contribution >= 0.6 is 0 Å². The SMILES string of the molecule is c1ccc(C2Oc3ccccc3C(c3ccccc3)C2c2ccccc2)cc1. The van der Waals surface area contributed by atoms with Crippen LogP contribution in [-0.4, -0.2) is 0 Å². The molecule has 0 amide bonds. The second-order valence-corrected chi connectivity index (χ2v) is 7.31. The van der Waals surface area contributed by atoms with Crippen molar-refractivity contribution in [3.8, 4) is 5.75 Å². The Bertz CT molecular complexity index is 1040. The third-order valence-corrected chi connectivity index (χ3v) is 5.66. The van der Waals surface area contributed by atoms with Gasteiger partial charge in [-0.1, -0.05) is 109 Å². The summed E-state index contributed by atoms with van der Waals surface area (Å²) in [6, 6.07) is 40.7. The first-order valence-corrected chi connectivity index (χ1v) is 9.82. The summed E-state index contributed by atoms with van der Waals surface area (Å²) >= 11 is 0. The Morgan fingerprint density at radius 1 is 0.464 bits per heavy atom. The fourth-order valence-corrected chi connectivity index (χ4v) is 4.43. The van der Waals surface area contributed by atoms with Gasteiger partial charge in [0.1, 0.15) is 11.9 Å². The lowest BCUT2D eigenvalue weighted by Crippen LogP contribution is -2.29. The summed E-state index contributed by atoms with van der Waals surface area (Å²) in [6.45, 7) is 0. The zero-order valence-corrected chi connectivity index (χ0v) is 15.6. The van der Waals surface area contributed by atoms with Crippen molar-refractivity contribution >= 4 is 0 Å². The van der Waals surface area contributed by atoms with Crippen molar-refractivity contribution in [3.63, 3.8) is 0 Å². The van der Waals surface area contributed by atoms with Crippen LogP contribution in [0.4, 0.5) is 0 Å². The van der Waals surface area contributed by atoms with Gasteiger partial charge >= 0.3 is 0 Å². The van der Waals surface area contributed by atoms with Crippen molar-refractivity contribution in [3.05, 3.63) is 138 Å². The molecule has 0 bridgehead atoms. The Kier molecular flexibility index (Phi) is 4.42. The average molecular weight is 362 g/mol. The van der Waals surface area contributed by atoms with Gasteiger partial charge in [-0.05, 0) is 22.8 Å². The predicted octanol–water partition coefficient (Wildman–Crippen LogP) is 6.74. The Morgan fingerprint density at radius 2 is 0.964 bits per heavy atom. The fraction of sp³-hybridized carbons (Fsp3) is 0.111. The van der Waals surface area contributed by atoms with Crippen LogP contribution in [0.3, 0.4) is 0 Å². The quantitative estimate of drug-likeness (QED) is 0.392. The van der Waals surface area contributed by atoms with E-state index in [9.17, 15) is 0 Å². The van der Waals surface area contributed by atoms with Crippen LogP contribution in [0.2, 0.25) is 0 Å². The van der Waals surface area contributed by atoms with Crippen LogP contribution in [0.25, 0.3) is 0 Å². The lowest BCUT2D eigenvalue weighted by atomic mass is 9.71. The minimum atomic E-state index is -0.0382. The summed E-state index contributed by atoms with van der Waals surface area (Å²) in [6.07, 6.45) is -0.0382. The molecule has 0 fully saturated rings. The van der Waals surface area contributed by atoms with Gasteiger partial charge in [0, 0.05) is 17.4 Å². The van der Waals surface area contributed by atoms with Gasteiger partial charge in [0.25, 0.3) is 0 Å². The number of para-hydroxylation sites is 1. The average Bonchev–Trinajstić information content (AvgIpc) is 2.79. The van der Waals surface area contributed by atoms with Crippen molar-refractivity contribution in [2.24, 2.45) is 0 Å². The maximum Gasteiger partial charge on any atom is 0.131 e. The molecule has 28 heavy (non-hydrogen) atoms. The fourth-order valence-electron chi connectivity index (χ4n) is 4.43. The van der Waals surface area contributed by atoms with Crippen molar-refractivity contribution in [2.45, 2.75) is 17.9 Å². The second kappa shape index (κ2) is 7.36. The monoisotopic (exact) mass is 362 g/mol. The van der Waals surface area contributed by atoms with E-state index in [1.165, 1.54) is 22.3 Å². The van der Waals surface area contributed by atoms with Crippen molar-refractivity contribution in [1.82, 2.24) is 0 Å². The smallest absolute Gasteiger partial charge is 0.131 e. The topological polar surface area (TPSA) is 9.23 Å². The predicted molar refractivity (Wildman–Crippen MR) is 114 cm³/mol. The molecule has 0 spiro atoms. The van der Waals surface area contributed by atoms with Crippen LogP contribution in [0.15, 0.2) is 115 Å². The highest BCUT2D eigenvalue weighted by atomic mass is 16.5. The number of fused-ring (bicyclic) bond motifs is 1. The van der Waals surface area contributed by atoms with Crippen molar-refractivity contribution in [1.29, 1.82) is 0 Å². The molecule has 0 radical (unpaired) electrons. The zero-order chi connectivity index (χ0) is 18.8. The Hall–Kier alpha value is -3.32. The maximum atomic E-state index is 6.64. The number of hydrogen-bond donors (Lipinski definition) is 0. The highest BCUT2D eigenvalue weighted by Crippen LogP contribution is 2.53. The largest absolute Gasteiger partial charge is 0.485 e. The Labute approximate surface area is 166 Å². The second-order valence-electron chi connectivity index (χ2n) is 7.31. The molecule has 0 aromatic heterocycles. The van der Waals surface area contributed by atoms with Crippen LogP contribution in [-0.2, 0) is 0 Å². The molecular weight excluding hydrogens is 340 g/mol. The van der Waals surface area contributed by atoms with E-state index < -0.39 is 0 Å². The van der Waals surface area contributed by atoms with Crippen molar-refractivity contribution < 1.29 is 4.74 Å². The first-order valence-electron chi connectivity index (χ1n) is 9.82. The first-order chi connectivity index (χ1) is 13.9. The molecule has 5 rings (SSSR count). The molecule has 1 heterocycles. The highest BCUT2D eigenvalue weighted by molar-refractivity contribution is 5.49. The standard InChI is InChI=1S/C27H22O/c1-4-12-20(13-5-1)25-23-18-10-11-19-24(23)28-27(22-16-8-3-9-17-22)26(25)21-14-6-2-7-15-21/h1-19,25-27H. The van der Waals surface area contributed by atoms with E-state index in [-0.39, 0.29) is 17.9 Å². The number of rotatable bonds is 3. The summed E-state index contributed by atoms with van der Waals surface area (Å²) in [5, 5.41) is 0. The third kappa shape index (κ3) is 2.99. The minimum absolute atomic E-state index is 0.0382. The van der Waals surface area contributed by atoms with Gasteiger partial charge in [0.05, 0.1) is 0 Å². The van der Waals surface area contributed by atoms with E-state index in [1.807, 2.05) is 0 Å². The van der Waals surface area contributed by atoms with Crippen LogP contribution in [0.1, 0.15) is 40.2 Å². The van der Waals surface area contributed by atoms with Crippen LogP contribution < -0.4 is 4.74 Å². The van der Waals surface area contributed by atoms with Gasteiger partial charge < -0.3 is 4.74 Å². The molecule has 0 saturated heterocycles. The van der Waals surface area contributed by atoms with Crippen molar-refractivity contribution in [2.75, 3.05) is 0 Å². The van der Waals surface area contributed by atoms with E-state index in [2.05, 4.69) is 115 Å². The van der Waals surface area contributed by atoms with Gasteiger partial charge in [-0.3, -0.25) is 0 Å². The molecule has 136 valence electrons. The number of benzene rings is 4. The van der Waals surface area contributed by atoms with Crippen LogP contribution in [0.5, 0.6) is 5.75 Å². The molecule has 4 aromatic carbocycles. The maximum absolute atomic E-state index is 6.64. The van der Waals surface area contributed by atoms with Gasteiger partial charge in [-0.25, -0.2) is 0 Å². The molecule has 1 aliphatic rings. The molecular formula is C27H22O. The molecule has 1 nitrogen and oxygen atoms in total. The normalized spacial score (nSPS) is 20.8. The van der Waals surface area contributed by atoms with Gasteiger partial charge in [-0.2, -0.15) is 0 Å². The van der Waals surface area contributed by atoms with Gasteiger partial charge in [0.2, 0.25) is 0 Å². The molecule has 1 heteroatoms. The molecule has 4 aromatic rings. The number of hydrogen-bond acceptors (Lipinski definition) is 1. The summed E-state index contributed by atoms with van der Waals surface area (Å²) in [5.74, 6) is 1.41. The molecule has 1 aliphatic heterocycles. The Morgan fingerprint density at radius 3 is 1.61 bits per heavy atom. The highest BCUT2D eigenvalue weighted by Gasteiger charge is 2.40. The van der Waals surface area contributed by atoms with Gasteiger partial charge in [-0.15, -0.1) is 0 Å². The third-order valence-electron chi connectivity index (χ3n) is 5.66. The molecule has 0 aliphatic carbocycles. The Balaban J connectivity index is 1.75. The lowest BCUT2D eigenvalue weighted by Gasteiger charge is -2.40. The molecule has 0 saturated carbocycles. The van der Waals surface area contributed by atoms with Gasteiger partial charge in [0.15, 0.2) is 0 Å². The minimum Gasteiger partial charge on any atom is -0.485 e. The number of ether oxygens (including phenoxy) is 1. The van der Waals surface area contributed by atoms with E-state index in [4.69, 9.17) is 4.74 Å². The molecule has 0 N–H and O–H groups in total. The summed E-state index contributed by atoms with van der Waals surface area (Å²) < 4.78 is 6.64. The molecule has 3 unspecified atom stereocenters. The summed E-state index contributed by atoms with van der Waals surface area (Å²) in [7, 11) is 0. The summed E-state index contributed by atoms with van der Waals surface area (Å²) in [4.78, 5) is 0. The van der Waals surface area contributed by atoms with Crippen LogP contribution in [0, 0.1) is 0 Å². The summed E-state index contributed by atoms with van der Waals surface area (Å²) in [5.41, 5.74) is 5.11. The van der Waals surface area contributed by atoms with E-state index in [0.717, 1.165) is 5.75 Å². The first kappa shape index (κ1) is 16.8. The molecule has 3 atom stereocenters.